The molecule has 0 aliphatic rings. The second kappa shape index (κ2) is 6.30. The standard InChI is InChI=1S/C8H12ClN3OS2/c1-5(3-4-9)6(13)10-7-11-12-8(14-2)15-7/h5H,3-4H2,1-2H3,(H,10,11,13). The van der Waals surface area contributed by atoms with Crippen molar-refractivity contribution in [3.8, 4) is 0 Å². The van der Waals surface area contributed by atoms with E-state index in [1.165, 1.54) is 23.1 Å². The number of halogens is 1. The van der Waals surface area contributed by atoms with E-state index in [-0.39, 0.29) is 11.8 Å². The van der Waals surface area contributed by atoms with Crippen molar-refractivity contribution in [3.05, 3.63) is 0 Å². The molecule has 0 saturated carbocycles. The third kappa shape index (κ3) is 3.96. The van der Waals surface area contributed by atoms with Gasteiger partial charge in [-0.2, -0.15) is 0 Å². The second-order valence-corrected chi connectivity index (χ2v) is 5.35. The maximum absolute atomic E-state index is 11.6. The highest BCUT2D eigenvalue weighted by Crippen LogP contribution is 2.23. The van der Waals surface area contributed by atoms with Gasteiger partial charge in [0.2, 0.25) is 11.0 Å². The highest BCUT2D eigenvalue weighted by molar-refractivity contribution is 8.00. The van der Waals surface area contributed by atoms with Crippen LogP contribution in [0.5, 0.6) is 0 Å². The van der Waals surface area contributed by atoms with Crippen molar-refractivity contribution in [2.24, 2.45) is 5.92 Å². The molecule has 4 nitrogen and oxygen atoms in total. The van der Waals surface area contributed by atoms with Gasteiger partial charge in [-0.1, -0.05) is 30.0 Å². The highest BCUT2D eigenvalue weighted by Gasteiger charge is 2.14. The lowest BCUT2D eigenvalue weighted by Gasteiger charge is -2.07. The maximum Gasteiger partial charge on any atom is 0.229 e. The van der Waals surface area contributed by atoms with Crippen molar-refractivity contribution in [2.45, 2.75) is 17.7 Å². The zero-order valence-corrected chi connectivity index (χ0v) is 10.9. The summed E-state index contributed by atoms with van der Waals surface area (Å²) in [4.78, 5) is 11.6. The molecular weight excluding hydrogens is 254 g/mol. The number of hydrogen-bond acceptors (Lipinski definition) is 5. The molecular formula is C8H12ClN3OS2. The average molecular weight is 266 g/mol. The third-order valence-corrected chi connectivity index (χ3v) is 3.83. The fourth-order valence-electron chi connectivity index (χ4n) is 0.866. The van der Waals surface area contributed by atoms with Gasteiger partial charge in [0.05, 0.1) is 0 Å². The number of alkyl halides is 1. The van der Waals surface area contributed by atoms with Crippen molar-refractivity contribution < 1.29 is 4.79 Å². The average Bonchev–Trinajstić information content (AvgIpc) is 2.66. The summed E-state index contributed by atoms with van der Waals surface area (Å²) >= 11 is 8.44. The van der Waals surface area contributed by atoms with Crippen LogP contribution in [0.2, 0.25) is 0 Å². The molecule has 1 atom stereocenters. The Morgan fingerprint density at radius 3 is 2.93 bits per heavy atom. The first-order chi connectivity index (χ1) is 7.17. The monoisotopic (exact) mass is 265 g/mol. The lowest BCUT2D eigenvalue weighted by Crippen LogP contribution is -2.20. The Hall–Kier alpha value is -0.330. The number of carbonyl (C=O) groups is 1. The Bertz CT molecular complexity index is 331. The normalized spacial score (nSPS) is 12.5. The van der Waals surface area contributed by atoms with Gasteiger partial charge in [0, 0.05) is 11.8 Å². The van der Waals surface area contributed by atoms with Gasteiger partial charge in [-0.3, -0.25) is 4.79 Å². The molecule has 0 aromatic carbocycles. The van der Waals surface area contributed by atoms with E-state index in [0.29, 0.717) is 17.4 Å². The van der Waals surface area contributed by atoms with Crippen LogP contribution in [0.15, 0.2) is 4.34 Å². The van der Waals surface area contributed by atoms with Crippen LogP contribution in [-0.4, -0.2) is 28.2 Å². The predicted molar refractivity (Wildman–Crippen MR) is 64.8 cm³/mol. The van der Waals surface area contributed by atoms with Crippen LogP contribution in [0.3, 0.4) is 0 Å². The maximum atomic E-state index is 11.6. The second-order valence-electron chi connectivity index (χ2n) is 2.95. The Labute approximate surface area is 102 Å². The van der Waals surface area contributed by atoms with E-state index in [0.717, 1.165) is 4.34 Å². The largest absolute Gasteiger partial charge is 0.300 e. The Morgan fingerprint density at radius 2 is 2.40 bits per heavy atom. The quantitative estimate of drug-likeness (QED) is 0.505. The van der Waals surface area contributed by atoms with Crippen molar-refractivity contribution in [1.82, 2.24) is 10.2 Å². The molecule has 1 unspecified atom stereocenters. The molecule has 0 aliphatic carbocycles. The summed E-state index contributed by atoms with van der Waals surface area (Å²) in [5.41, 5.74) is 0. The molecule has 0 bridgehead atoms. The SMILES string of the molecule is CSc1nnc(NC(=O)C(C)CCCl)s1. The van der Waals surface area contributed by atoms with Crippen LogP contribution in [0.25, 0.3) is 0 Å². The molecule has 84 valence electrons. The number of anilines is 1. The fourth-order valence-corrected chi connectivity index (χ4v) is 2.37. The highest BCUT2D eigenvalue weighted by atomic mass is 35.5. The molecule has 1 aromatic rings. The van der Waals surface area contributed by atoms with Crippen LogP contribution >= 0.6 is 34.7 Å². The van der Waals surface area contributed by atoms with Gasteiger partial charge in [-0.05, 0) is 12.7 Å². The van der Waals surface area contributed by atoms with Crippen LogP contribution in [0.4, 0.5) is 5.13 Å². The van der Waals surface area contributed by atoms with E-state index >= 15 is 0 Å². The Balaban J connectivity index is 2.50. The first-order valence-corrected chi connectivity index (χ1v) is 6.99. The lowest BCUT2D eigenvalue weighted by atomic mass is 10.1. The van der Waals surface area contributed by atoms with Crippen molar-refractivity contribution in [2.75, 3.05) is 17.5 Å². The van der Waals surface area contributed by atoms with E-state index < -0.39 is 0 Å². The number of nitrogens with zero attached hydrogens (tertiary/aromatic N) is 2. The van der Waals surface area contributed by atoms with Gasteiger partial charge in [0.15, 0.2) is 4.34 Å². The van der Waals surface area contributed by atoms with E-state index in [9.17, 15) is 4.79 Å². The molecule has 1 N–H and O–H groups in total. The molecule has 15 heavy (non-hydrogen) atoms. The fraction of sp³-hybridized carbons (Fsp3) is 0.625. The summed E-state index contributed by atoms with van der Waals surface area (Å²) in [7, 11) is 0. The minimum Gasteiger partial charge on any atom is -0.300 e. The summed E-state index contributed by atoms with van der Waals surface area (Å²) in [6.45, 7) is 1.84. The van der Waals surface area contributed by atoms with Gasteiger partial charge < -0.3 is 5.32 Å². The number of thioether (sulfide) groups is 1. The topological polar surface area (TPSA) is 54.9 Å². The summed E-state index contributed by atoms with van der Waals surface area (Å²) in [5.74, 6) is 0.337. The predicted octanol–water partition coefficient (Wildman–Crippen LogP) is 2.46. The molecule has 0 spiro atoms. The van der Waals surface area contributed by atoms with E-state index in [1.54, 1.807) is 0 Å². The summed E-state index contributed by atoms with van der Waals surface area (Å²) < 4.78 is 0.843. The van der Waals surface area contributed by atoms with Crippen LogP contribution in [0.1, 0.15) is 13.3 Å². The molecule has 0 aliphatic heterocycles. The van der Waals surface area contributed by atoms with Crippen LogP contribution in [0, 0.1) is 5.92 Å². The summed E-state index contributed by atoms with van der Waals surface area (Å²) in [6, 6.07) is 0. The van der Waals surface area contributed by atoms with E-state index in [2.05, 4.69) is 15.5 Å². The van der Waals surface area contributed by atoms with Gasteiger partial charge in [0.1, 0.15) is 0 Å². The van der Waals surface area contributed by atoms with E-state index in [4.69, 9.17) is 11.6 Å². The van der Waals surface area contributed by atoms with Crippen molar-refractivity contribution in [3.63, 3.8) is 0 Å². The summed E-state index contributed by atoms with van der Waals surface area (Å²) in [5, 5.41) is 11.0. The first-order valence-electron chi connectivity index (χ1n) is 4.41. The number of nitrogens with one attached hydrogen (secondary N) is 1. The number of carbonyl (C=O) groups excluding carboxylic acids is 1. The van der Waals surface area contributed by atoms with Gasteiger partial charge in [-0.25, -0.2) is 0 Å². The minimum atomic E-state index is -0.0934. The molecule has 1 amide bonds. The molecule has 1 aromatic heterocycles. The number of rotatable bonds is 5. The molecule has 1 rings (SSSR count). The van der Waals surface area contributed by atoms with Gasteiger partial charge in [0.25, 0.3) is 0 Å². The van der Waals surface area contributed by atoms with Crippen LogP contribution in [-0.2, 0) is 4.79 Å². The minimum absolute atomic E-state index is 0.0561. The Kier molecular flexibility index (Phi) is 5.35. The zero-order valence-electron chi connectivity index (χ0n) is 8.49. The zero-order chi connectivity index (χ0) is 11.3. The number of hydrogen-bond donors (Lipinski definition) is 1. The van der Waals surface area contributed by atoms with Crippen LogP contribution < -0.4 is 5.32 Å². The molecule has 0 radical (unpaired) electrons. The molecule has 0 fully saturated rings. The van der Waals surface area contributed by atoms with Gasteiger partial charge in [-0.15, -0.1) is 21.8 Å². The van der Waals surface area contributed by atoms with Crippen molar-refractivity contribution >= 4 is 45.7 Å². The molecule has 7 heteroatoms. The number of aromatic nitrogens is 2. The lowest BCUT2D eigenvalue weighted by molar-refractivity contribution is -0.119. The third-order valence-electron chi connectivity index (χ3n) is 1.80. The van der Waals surface area contributed by atoms with Crippen molar-refractivity contribution in [1.29, 1.82) is 0 Å². The van der Waals surface area contributed by atoms with E-state index in [1.807, 2.05) is 13.2 Å². The smallest absolute Gasteiger partial charge is 0.229 e. The molecule has 0 saturated heterocycles. The summed E-state index contributed by atoms with van der Waals surface area (Å²) in [6.07, 6.45) is 2.59. The number of amides is 1. The molecule has 1 heterocycles. The van der Waals surface area contributed by atoms with Gasteiger partial charge >= 0.3 is 0 Å². The first kappa shape index (κ1) is 12.7. The Morgan fingerprint density at radius 1 is 1.67 bits per heavy atom.